The first-order chi connectivity index (χ1) is 10.8. The molecular formula is C15H8F4N2O2. The topological polar surface area (TPSA) is 65.3 Å². The average Bonchev–Trinajstić information content (AvgIpc) is 2.70. The van der Waals surface area contributed by atoms with Gasteiger partial charge in [-0.3, -0.25) is 0 Å². The largest absolute Gasteiger partial charge is 0.455 e. The van der Waals surface area contributed by atoms with Crippen molar-refractivity contribution in [3.8, 4) is 17.6 Å². The molecule has 0 unspecified atom stereocenters. The lowest BCUT2D eigenvalue weighted by molar-refractivity contribution is -0.0781. The maximum absolute atomic E-state index is 13.6. The molecule has 0 amide bonds. The van der Waals surface area contributed by atoms with Crippen LogP contribution < -0.4 is 10.1 Å². The summed E-state index contributed by atoms with van der Waals surface area (Å²) in [7, 11) is 0. The molecule has 2 N–H and O–H groups in total. The van der Waals surface area contributed by atoms with Crippen LogP contribution in [0.4, 0.5) is 23.2 Å². The highest BCUT2D eigenvalue weighted by Gasteiger charge is 2.49. The predicted molar refractivity (Wildman–Crippen MR) is 71.1 cm³/mol. The van der Waals surface area contributed by atoms with Gasteiger partial charge in [0.1, 0.15) is 17.4 Å². The monoisotopic (exact) mass is 324 g/mol. The smallest absolute Gasteiger partial charge is 0.353 e. The van der Waals surface area contributed by atoms with Crippen LogP contribution in [0.3, 0.4) is 0 Å². The summed E-state index contributed by atoms with van der Waals surface area (Å²) >= 11 is 0. The van der Waals surface area contributed by atoms with Crippen molar-refractivity contribution in [2.24, 2.45) is 0 Å². The Morgan fingerprint density at radius 1 is 1.17 bits per heavy atom. The number of anilines is 1. The zero-order chi connectivity index (χ0) is 16.8. The predicted octanol–water partition coefficient (Wildman–Crippen LogP) is 3.68. The van der Waals surface area contributed by atoms with E-state index in [0.29, 0.717) is 6.07 Å². The lowest BCUT2D eigenvalue weighted by Gasteiger charge is -2.13. The highest BCUT2D eigenvalue weighted by molar-refractivity contribution is 5.72. The number of hydrogen-bond donors (Lipinski definition) is 2. The quantitative estimate of drug-likeness (QED) is 0.653. The summed E-state index contributed by atoms with van der Waals surface area (Å²) < 4.78 is 58.9. The third-order valence-electron chi connectivity index (χ3n) is 3.30. The van der Waals surface area contributed by atoms with Gasteiger partial charge >= 0.3 is 6.05 Å². The van der Waals surface area contributed by atoms with Crippen molar-refractivity contribution in [1.29, 1.82) is 5.26 Å². The van der Waals surface area contributed by atoms with Gasteiger partial charge in [0.15, 0.2) is 11.9 Å². The van der Waals surface area contributed by atoms with Crippen LogP contribution in [0.15, 0.2) is 30.3 Å². The molecule has 0 saturated heterocycles. The lowest BCUT2D eigenvalue weighted by Crippen LogP contribution is -2.28. The number of rotatable bonds is 2. The Balaban J connectivity index is 2.08. The summed E-state index contributed by atoms with van der Waals surface area (Å²) in [6, 6.07) is 2.75. The minimum absolute atomic E-state index is 0.157. The van der Waals surface area contributed by atoms with Gasteiger partial charge in [0.2, 0.25) is 0 Å². The fourth-order valence-corrected chi connectivity index (χ4v) is 2.33. The van der Waals surface area contributed by atoms with Gasteiger partial charge in [-0.25, -0.2) is 8.78 Å². The Morgan fingerprint density at radius 3 is 2.43 bits per heavy atom. The Morgan fingerprint density at radius 2 is 1.83 bits per heavy atom. The molecule has 2 aromatic carbocycles. The fraction of sp³-hybridized carbons (Fsp3) is 0.133. The van der Waals surface area contributed by atoms with Crippen LogP contribution in [0.2, 0.25) is 0 Å². The van der Waals surface area contributed by atoms with Gasteiger partial charge in [-0.2, -0.15) is 14.0 Å². The number of aliphatic hydroxyl groups excluding tert-OH is 1. The molecule has 8 heteroatoms. The van der Waals surface area contributed by atoms with Crippen molar-refractivity contribution in [3.63, 3.8) is 0 Å². The van der Waals surface area contributed by atoms with Gasteiger partial charge in [0, 0.05) is 23.8 Å². The standard InChI is InChI=1S/C15H8F4N2O2/c16-8-3-9(17)5-10(4-8)23-11-2-1-7(6-20)12-13(11)21-15(18,19)14(12)22/h1-5,14,21-22H/t14-/m0/s1. The number of fused-ring (bicyclic) bond motifs is 1. The van der Waals surface area contributed by atoms with Crippen molar-refractivity contribution in [1.82, 2.24) is 0 Å². The number of ether oxygens (including phenoxy) is 1. The maximum atomic E-state index is 13.6. The molecule has 1 aliphatic heterocycles. The minimum atomic E-state index is -3.69. The Hall–Kier alpha value is -2.79. The molecule has 0 aliphatic carbocycles. The number of alkyl halides is 2. The van der Waals surface area contributed by atoms with E-state index in [0.717, 1.165) is 12.1 Å². The van der Waals surface area contributed by atoms with E-state index in [1.165, 1.54) is 12.1 Å². The molecule has 0 spiro atoms. The first kappa shape index (κ1) is 15.1. The molecule has 1 heterocycles. The van der Waals surface area contributed by atoms with Crippen molar-refractivity contribution < 1.29 is 27.4 Å². The normalized spacial score (nSPS) is 18.0. The minimum Gasteiger partial charge on any atom is -0.455 e. The number of hydrogen-bond acceptors (Lipinski definition) is 4. The van der Waals surface area contributed by atoms with Crippen LogP contribution in [0.1, 0.15) is 17.2 Å². The van der Waals surface area contributed by atoms with Gasteiger partial charge < -0.3 is 15.2 Å². The molecule has 1 atom stereocenters. The highest BCUT2D eigenvalue weighted by Crippen LogP contribution is 2.49. The zero-order valence-electron chi connectivity index (χ0n) is 11.3. The van der Waals surface area contributed by atoms with E-state index in [-0.39, 0.29) is 28.3 Å². The average molecular weight is 324 g/mol. The molecular weight excluding hydrogens is 316 g/mol. The molecule has 118 valence electrons. The molecule has 0 saturated carbocycles. The highest BCUT2D eigenvalue weighted by atomic mass is 19.3. The summed E-state index contributed by atoms with van der Waals surface area (Å²) in [5.41, 5.74) is -0.784. The van der Waals surface area contributed by atoms with Crippen molar-refractivity contribution >= 4 is 5.69 Å². The van der Waals surface area contributed by atoms with Crippen LogP contribution in [0.5, 0.6) is 11.5 Å². The Kier molecular flexibility index (Phi) is 3.38. The number of aliphatic hydroxyl groups is 1. The van der Waals surface area contributed by atoms with Gasteiger partial charge in [-0.1, -0.05) is 0 Å². The SMILES string of the molecule is N#Cc1ccc(Oc2cc(F)cc(F)c2)c2c1[C@H](O)C(F)(F)N2. The fourth-order valence-electron chi connectivity index (χ4n) is 2.33. The van der Waals surface area contributed by atoms with Crippen molar-refractivity contribution in [2.45, 2.75) is 12.2 Å². The van der Waals surface area contributed by atoms with Crippen LogP contribution >= 0.6 is 0 Å². The van der Waals surface area contributed by atoms with E-state index in [1.807, 2.05) is 0 Å². The summed E-state index contributed by atoms with van der Waals surface area (Å²) in [4.78, 5) is 0. The summed E-state index contributed by atoms with van der Waals surface area (Å²) in [6.07, 6.45) is -2.24. The summed E-state index contributed by atoms with van der Waals surface area (Å²) in [5.74, 6) is -2.24. The lowest BCUT2D eigenvalue weighted by atomic mass is 10.0. The van der Waals surface area contributed by atoms with Gasteiger partial charge in [0.05, 0.1) is 17.3 Å². The number of nitriles is 1. The number of halogens is 4. The Bertz CT molecular complexity index is 813. The second kappa shape index (κ2) is 5.14. The van der Waals surface area contributed by atoms with E-state index < -0.39 is 23.8 Å². The molecule has 3 rings (SSSR count). The summed E-state index contributed by atoms with van der Waals surface area (Å²) in [5, 5.41) is 20.4. The molecule has 1 aliphatic rings. The first-order valence-electron chi connectivity index (χ1n) is 6.37. The van der Waals surface area contributed by atoms with E-state index in [4.69, 9.17) is 10.00 Å². The third kappa shape index (κ3) is 2.55. The van der Waals surface area contributed by atoms with E-state index in [9.17, 15) is 22.7 Å². The molecule has 0 aromatic heterocycles. The number of nitrogens with one attached hydrogen (secondary N) is 1. The van der Waals surface area contributed by atoms with Crippen LogP contribution in [0, 0.1) is 23.0 Å². The number of benzene rings is 2. The van der Waals surface area contributed by atoms with E-state index in [1.54, 1.807) is 11.4 Å². The van der Waals surface area contributed by atoms with Crippen LogP contribution in [0.25, 0.3) is 0 Å². The molecule has 4 nitrogen and oxygen atoms in total. The van der Waals surface area contributed by atoms with Gasteiger partial charge in [0.25, 0.3) is 0 Å². The zero-order valence-corrected chi connectivity index (χ0v) is 11.3. The molecule has 0 radical (unpaired) electrons. The maximum Gasteiger partial charge on any atom is 0.353 e. The third-order valence-corrected chi connectivity index (χ3v) is 3.30. The Labute approximate surface area is 127 Å². The van der Waals surface area contributed by atoms with Gasteiger partial charge in [-0.15, -0.1) is 0 Å². The van der Waals surface area contributed by atoms with Crippen LogP contribution in [-0.4, -0.2) is 11.2 Å². The summed E-state index contributed by atoms with van der Waals surface area (Å²) in [6.45, 7) is 0. The number of nitrogens with zero attached hydrogens (tertiary/aromatic N) is 1. The van der Waals surface area contributed by atoms with Crippen molar-refractivity contribution in [2.75, 3.05) is 5.32 Å². The molecule has 23 heavy (non-hydrogen) atoms. The molecule has 0 bridgehead atoms. The second-order valence-corrected chi connectivity index (χ2v) is 4.87. The molecule has 0 fully saturated rings. The second-order valence-electron chi connectivity index (χ2n) is 4.87. The first-order valence-corrected chi connectivity index (χ1v) is 6.37. The van der Waals surface area contributed by atoms with Crippen LogP contribution in [-0.2, 0) is 0 Å². The van der Waals surface area contributed by atoms with E-state index in [2.05, 4.69) is 0 Å². The van der Waals surface area contributed by atoms with E-state index >= 15 is 0 Å². The molecule has 2 aromatic rings. The van der Waals surface area contributed by atoms with Crippen molar-refractivity contribution in [3.05, 3.63) is 53.1 Å². The van der Waals surface area contributed by atoms with Gasteiger partial charge in [-0.05, 0) is 12.1 Å².